The molecule has 5 rings (SSSR count). The molecule has 2 aromatic carbocycles. The lowest BCUT2D eigenvalue weighted by molar-refractivity contribution is -0.126. The standard InChI is InChI=1S/C22H22BrN3O2/c1-2-14-4-10-17(11-5-14)26-21(27)18-19(15-6-8-16(23)9-7-15)24-12-3-13-25(24)20(18)22(26)28/h4-11,18-20H,2-3,12-13H2,1H3/t18-,19-,20+/m0/s1. The Morgan fingerprint density at radius 3 is 2.18 bits per heavy atom. The van der Waals surface area contributed by atoms with E-state index >= 15 is 0 Å². The first-order chi connectivity index (χ1) is 13.6. The number of hydrogen-bond acceptors (Lipinski definition) is 4. The van der Waals surface area contributed by atoms with Crippen LogP contribution in [-0.2, 0) is 16.0 Å². The zero-order valence-corrected chi connectivity index (χ0v) is 17.3. The Bertz CT molecular complexity index is 928. The van der Waals surface area contributed by atoms with Gasteiger partial charge in [0.05, 0.1) is 17.6 Å². The van der Waals surface area contributed by atoms with E-state index in [-0.39, 0.29) is 23.8 Å². The molecular formula is C22H22BrN3O2. The van der Waals surface area contributed by atoms with Crippen molar-refractivity contribution < 1.29 is 9.59 Å². The average Bonchev–Trinajstić information content (AvgIpc) is 3.35. The summed E-state index contributed by atoms with van der Waals surface area (Å²) in [6, 6.07) is 15.4. The Kier molecular flexibility index (Phi) is 4.38. The van der Waals surface area contributed by atoms with Crippen LogP contribution in [0.25, 0.3) is 0 Å². The van der Waals surface area contributed by atoms with Crippen molar-refractivity contribution in [2.45, 2.75) is 31.8 Å². The third-order valence-electron chi connectivity index (χ3n) is 6.22. The van der Waals surface area contributed by atoms with Gasteiger partial charge in [-0.15, -0.1) is 0 Å². The van der Waals surface area contributed by atoms with E-state index in [1.165, 1.54) is 10.5 Å². The predicted molar refractivity (Wildman–Crippen MR) is 111 cm³/mol. The number of fused-ring (bicyclic) bond motifs is 3. The summed E-state index contributed by atoms with van der Waals surface area (Å²) in [5, 5.41) is 4.38. The van der Waals surface area contributed by atoms with Crippen LogP contribution in [0.5, 0.6) is 0 Å². The van der Waals surface area contributed by atoms with Gasteiger partial charge < -0.3 is 0 Å². The lowest BCUT2D eigenvalue weighted by atomic mass is 9.90. The van der Waals surface area contributed by atoms with Gasteiger partial charge in [0.25, 0.3) is 5.91 Å². The molecule has 3 atom stereocenters. The molecule has 3 heterocycles. The van der Waals surface area contributed by atoms with Gasteiger partial charge in [0, 0.05) is 17.6 Å². The molecule has 2 amide bonds. The molecule has 5 nitrogen and oxygen atoms in total. The molecule has 144 valence electrons. The number of benzene rings is 2. The molecule has 3 aliphatic rings. The summed E-state index contributed by atoms with van der Waals surface area (Å²) in [4.78, 5) is 28.2. The van der Waals surface area contributed by atoms with Gasteiger partial charge in [0.2, 0.25) is 5.91 Å². The van der Waals surface area contributed by atoms with Crippen LogP contribution in [0.15, 0.2) is 53.0 Å². The minimum atomic E-state index is -0.394. The van der Waals surface area contributed by atoms with Crippen molar-refractivity contribution in [3.05, 3.63) is 64.1 Å². The van der Waals surface area contributed by atoms with Crippen LogP contribution in [0.4, 0.5) is 5.69 Å². The summed E-state index contributed by atoms with van der Waals surface area (Å²) in [5.41, 5.74) is 2.97. The first-order valence-electron chi connectivity index (χ1n) is 9.85. The van der Waals surface area contributed by atoms with Gasteiger partial charge in [-0.25, -0.2) is 14.9 Å². The molecule has 0 spiro atoms. The first-order valence-corrected chi connectivity index (χ1v) is 10.6. The number of hydrazine groups is 1. The SMILES string of the molecule is CCc1ccc(N2C(=O)[C@@H]3[C@H](C2=O)N2CCCN2[C@H]3c2ccc(Br)cc2)cc1. The van der Waals surface area contributed by atoms with Gasteiger partial charge in [-0.3, -0.25) is 9.59 Å². The highest BCUT2D eigenvalue weighted by Crippen LogP contribution is 2.48. The summed E-state index contributed by atoms with van der Waals surface area (Å²) < 4.78 is 1.01. The normalized spacial score (nSPS) is 27.5. The number of anilines is 1. The zero-order chi connectivity index (χ0) is 19.4. The molecule has 0 radical (unpaired) electrons. The molecule has 0 bridgehead atoms. The van der Waals surface area contributed by atoms with Gasteiger partial charge in [0.1, 0.15) is 6.04 Å². The second kappa shape index (κ2) is 6.79. The Morgan fingerprint density at radius 2 is 1.54 bits per heavy atom. The summed E-state index contributed by atoms with van der Waals surface area (Å²) in [7, 11) is 0. The van der Waals surface area contributed by atoms with Crippen LogP contribution in [0, 0.1) is 5.92 Å². The molecule has 6 heteroatoms. The molecule has 0 unspecified atom stereocenters. The van der Waals surface area contributed by atoms with Crippen LogP contribution in [0.2, 0.25) is 0 Å². The number of amides is 2. The molecule has 0 saturated carbocycles. The van der Waals surface area contributed by atoms with E-state index in [0.29, 0.717) is 5.69 Å². The zero-order valence-electron chi connectivity index (χ0n) is 15.7. The largest absolute Gasteiger partial charge is 0.274 e. The molecule has 3 fully saturated rings. The van der Waals surface area contributed by atoms with E-state index in [1.807, 2.05) is 36.4 Å². The van der Waals surface area contributed by atoms with Crippen molar-refractivity contribution >= 4 is 33.4 Å². The second-order valence-corrected chi connectivity index (χ2v) is 8.59. The minimum Gasteiger partial charge on any atom is -0.274 e. The number of halogens is 1. The fourth-order valence-electron chi connectivity index (χ4n) is 4.91. The molecule has 3 aliphatic heterocycles. The molecule has 0 aromatic heterocycles. The number of rotatable bonds is 3. The topological polar surface area (TPSA) is 43.9 Å². The number of imide groups is 1. The highest BCUT2D eigenvalue weighted by molar-refractivity contribution is 9.10. The van der Waals surface area contributed by atoms with Gasteiger partial charge in [-0.1, -0.05) is 47.1 Å². The van der Waals surface area contributed by atoms with Crippen LogP contribution in [0.3, 0.4) is 0 Å². The van der Waals surface area contributed by atoms with Crippen molar-refractivity contribution in [1.82, 2.24) is 10.0 Å². The highest BCUT2D eigenvalue weighted by Gasteiger charge is 2.62. The van der Waals surface area contributed by atoms with Crippen molar-refractivity contribution in [2.75, 3.05) is 18.0 Å². The van der Waals surface area contributed by atoms with Crippen molar-refractivity contribution in [3.63, 3.8) is 0 Å². The van der Waals surface area contributed by atoms with Crippen LogP contribution in [0.1, 0.15) is 30.5 Å². The Morgan fingerprint density at radius 1 is 0.893 bits per heavy atom. The van der Waals surface area contributed by atoms with Crippen LogP contribution < -0.4 is 4.90 Å². The summed E-state index contributed by atoms with van der Waals surface area (Å²) in [6.07, 6.45) is 1.95. The lowest BCUT2D eigenvalue weighted by Gasteiger charge is -2.29. The molecular weight excluding hydrogens is 418 g/mol. The van der Waals surface area contributed by atoms with Gasteiger partial charge in [-0.05, 0) is 48.2 Å². The van der Waals surface area contributed by atoms with E-state index in [4.69, 9.17) is 0 Å². The maximum Gasteiger partial charge on any atom is 0.253 e. The number of carbonyl (C=O) groups is 2. The van der Waals surface area contributed by atoms with E-state index in [2.05, 4.69) is 45.0 Å². The van der Waals surface area contributed by atoms with Crippen LogP contribution >= 0.6 is 15.9 Å². The summed E-state index contributed by atoms with van der Waals surface area (Å²) in [6.45, 7) is 3.81. The van der Waals surface area contributed by atoms with Crippen molar-refractivity contribution in [3.8, 4) is 0 Å². The minimum absolute atomic E-state index is 0.0819. The lowest BCUT2D eigenvalue weighted by Crippen LogP contribution is -2.44. The maximum atomic E-state index is 13.5. The van der Waals surface area contributed by atoms with E-state index in [0.717, 1.165) is 36.0 Å². The number of aryl methyl sites for hydroxylation is 1. The van der Waals surface area contributed by atoms with E-state index in [9.17, 15) is 9.59 Å². The Labute approximate surface area is 173 Å². The van der Waals surface area contributed by atoms with Gasteiger partial charge >= 0.3 is 0 Å². The predicted octanol–water partition coefficient (Wildman–Crippen LogP) is 3.55. The van der Waals surface area contributed by atoms with Gasteiger partial charge in [0.15, 0.2) is 0 Å². The van der Waals surface area contributed by atoms with E-state index in [1.54, 1.807) is 0 Å². The number of nitrogens with zero attached hydrogens (tertiary/aromatic N) is 3. The molecule has 0 N–H and O–H groups in total. The summed E-state index contributed by atoms with van der Waals surface area (Å²) >= 11 is 3.49. The van der Waals surface area contributed by atoms with Gasteiger partial charge in [-0.2, -0.15) is 0 Å². The third kappa shape index (κ3) is 2.59. The summed E-state index contributed by atoms with van der Waals surface area (Å²) in [5.74, 6) is -0.535. The second-order valence-electron chi connectivity index (χ2n) is 7.68. The third-order valence-corrected chi connectivity index (χ3v) is 6.75. The molecule has 3 saturated heterocycles. The molecule has 2 aromatic rings. The maximum absolute atomic E-state index is 13.5. The number of carbonyl (C=O) groups excluding carboxylic acids is 2. The van der Waals surface area contributed by atoms with Crippen LogP contribution in [-0.4, -0.2) is 41.0 Å². The Hall–Kier alpha value is -2.02. The van der Waals surface area contributed by atoms with Crippen molar-refractivity contribution in [2.24, 2.45) is 5.92 Å². The first kappa shape index (κ1) is 18.0. The van der Waals surface area contributed by atoms with Crippen molar-refractivity contribution in [1.29, 1.82) is 0 Å². The molecule has 0 aliphatic carbocycles. The fourth-order valence-corrected chi connectivity index (χ4v) is 5.17. The quantitative estimate of drug-likeness (QED) is 0.685. The average molecular weight is 440 g/mol. The highest BCUT2D eigenvalue weighted by atomic mass is 79.9. The van der Waals surface area contributed by atoms with E-state index < -0.39 is 6.04 Å². The monoisotopic (exact) mass is 439 g/mol. The fraction of sp³-hybridized carbons (Fsp3) is 0.364. The Balaban J connectivity index is 1.55. The molecule has 28 heavy (non-hydrogen) atoms. The smallest absolute Gasteiger partial charge is 0.253 e. The number of hydrogen-bond donors (Lipinski definition) is 0.